The van der Waals surface area contributed by atoms with E-state index in [1.54, 1.807) is 4.68 Å². The van der Waals surface area contributed by atoms with E-state index in [1.165, 1.54) is 0 Å². The lowest BCUT2D eigenvalue weighted by molar-refractivity contribution is -0.127. The molecule has 0 unspecified atom stereocenters. The third kappa shape index (κ3) is 3.26. The highest BCUT2D eigenvalue weighted by molar-refractivity contribution is 5.54. The van der Waals surface area contributed by atoms with Crippen molar-refractivity contribution in [2.45, 2.75) is 44.8 Å². The number of halogens is 1. The standard InChI is InChI=1S/C19H25FN6O/c1-13-6-7-26(24-13)18-22-16(21-15-4-2-14(20)3-5-15)8-17(23-18)25-9-19(10-25)11-27-12-19/h6-8,14-15H,2-5,9-12H2,1H3,(H,21,22,23). The number of alkyl halides is 1. The summed E-state index contributed by atoms with van der Waals surface area (Å²) in [6.07, 6.45) is 4.13. The second-order valence-corrected chi connectivity index (χ2v) is 8.26. The first-order valence-electron chi connectivity index (χ1n) is 9.74. The average Bonchev–Trinajstić information content (AvgIpc) is 3.01. The fraction of sp³-hybridized carbons (Fsp3) is 0.632. The van der Waals surface area contributed by atoms with Crippen LogP contribution in [-0.4, -0.2) is 58.3 Å². The summed E-state index contributed by atoms with van der Waals surface area (Å²) in [5.41, 5.74) is 1.25. The molecule has 1 aliphatic carbocycles. The molecule has 4 heterocycles. The zero-order chi connectivity index (χ0) is 18.4. The third-order valence-corrected chi connectivity index (χ3v) is 5.83. The van der Waals surface area contributed by atoms with Gasteiger partial charge >= 0.3 is 0 Å². The Morgan fingerprint density at radius 3 is 2.59 bits per heavy atom. The van der Waals surface area contributed by atoms with Crippen molar-refractivity contribution in [3.8, 4) is 5.95 Å². The first kappa shape index (κ1) is 16.9. The van der Waals surface area contributed by atoms with Crippen molar-refractivity contribution in [1.29, 1.82) is 0 Å². The molecule has 7 nitrogen and oxygen atoms in total. The minimum atomic E-state index is -0.659. The van der Waals surface area contributed by atoms with Gasteiger partial charge in [-0.15, -0.1) is 0 Å². The number of aryl methyl sites for hydroxylation is 1. The highest BCUT2D eigenvalue weighted by Crippen LogP contribution is 2.40. The number of rotatable bonds is 4. The highest BCUT2D eigenvalue weighted by atomic mass is 19.1. The molecule has 2 saturated heterocycles. The monoisotopic (exact) mass is 372 g/mol. The summed E-state index contributed by atoms with van der Waals surface area (Å²) in [6, 6.07) is 4.21. The van der Waals surface area contributed by atoms with Crippen LogP contribution in [0.1, 0.15) is 31.4 Å². The lowest BCUT2D eigenvalue weighted by Crippen LogP contribution is -2.66. The van der Waals surface area contributed by atoms with Gasteiger partial charge in [0.2, 0.25) is 0 Å². The van der Waals surface area contributed by atoms with Gasteiger partial charge in [0.15, 0.2) is 0 Å². The number of ether oxygens (including phenoxy) is 1. The van der Waals surface area contributed by atoms with E-state index in [2.05, 4.69) is 20.3 Å². The Labute approximate surface area is 157 Å². The SMILES string of the molecule is Cc1ccn(-c2nc(NC3CCC(F)CC3)cc(N3CC4(COC4)C3)n2)n1. The van der Waals surface area contributed by atoms with Crippen LogP contribution in [0.15, 0.2) is 18.3 Å². The third-order valence-electron chi connectivity index (χ3n) is 5.83. The molecular weight excluding hydrogens is 347 g/mol. The number of aromatic nitrogens is 4. The Hall–Kier alpha value is -2.22. The van der Waals surface area contributed by atoms with Gasteiger partial charge in [-0.25, -0.2) is 9.07 Å². The molecule has 0 bridgehead atoms. The Morgan fingerprint density at radius 1 is 1.19 bits per heavy atom. The van der Waals surface area contributed by atoms with E-state index in [0.29, 0.717) is 24.2 Å². The molecule has 2 aromatic heterocycles. The van der Waals surface area contributed by atoms with Crippen LogP contribution < -0.4 is 10.2 Å². The van der Waals surface area contributed by atoms with Crippen LogP contribution >= 0.6 is 0 Å². The maximum atomic E-state index is 13.4. The van der Waals surface area contributed by atoms with Crippen molar-refractivity contribution >= 4 is 11.6 Å². The number of anilines is 2. The number of hydrogen-bond acceptors (Lipinski definition) is 6. The van der Waals surface area contributed by atoms with E-state index in [-0.39, 0.29) is 6.04 Å². The maximum absolute atomic E-state index is 13.4. The molecular formula is C19H25FN6O. The van der Waals surface area contributed by atoms with Crippen molar-refractivity contribution < 1.29 is 9.13 Å². The number of nitrogens with zero attached hydrogens (tertiary/aromatic N) is 5. The fourth-order valence-corrected chi connectivity index (χ4v) is 4.19. The van der Waals surface area contributed by atoms with Gasteiger partial charge in [-0.2, -0.15) is 15.1 Å². The number of hydrogen-bond donors (Lipinski definition) is 1. The predicted octanol–water partition coefficient (Wildman–Crippen LogP) is 2.50. The summed E-state index contributed by atoms with van der Waals surface area (Å²) >= 11 is 0. The predicted molar refractivity (Wildman–Crippen MR) is 100 cm³/mol. The summed E-state index contributed by atoms with van der Waals surface area (Å²) in [4.78, 5) is 11.7. The van der Waals surface area contributed by atoms with E-state index in [9.17, 15) is 4.39 Å². The van der Waals surface area contributed by atoms with Crippen LogP contribution in [0.5, 0.6) is 0 Å². The van der Waals surface area contributed by atoms with E-state index in [4.69, 9.17) is 9.72 Å². The molecule has 1 saturated carbocycles. The largest absolute Gasteiger partial charge is 0.380 e. The van der Waals surface area contributed by atoms with E-state index >= 15 is 0 Å². The van der Waals surface area contributed by atoms with Crippen LogP contribution in [0.3, 0.4) is 0 Å². The fourth-order valence-electron chi connectivity index (χ4n) is 4.19. The molecule has 2 aliphatic heterocycles. The normalized spacial score (nSPS) is 26.5. The molecule has 144 valence electrons. The van der Waals surface area contributed by atoms with E-state index in [1.807, 2.05) is 25.3 Å². The van der Waals surface area contributed by atoms with Gasteiger partial charge in [0.05, 0.1) is 24.3 Å². The average molecular weight is 372 g/mol. The van der Waals surface area contributed by atoms with Gasteiger partial charge in [0.25, 0.3) is 5.95 Å². The lowest BCUT2D eigenvalue weighted by Gasteiger charge is -2.55. The van der Waals surface area contributed by atoms with Gasteiger partial charge in [-0.3, -0.25) is 0 Å². The van der Waals surface area contributed by atoms with Crippen molar-refractivity contribution in [2.75, 3.05) is 36.5 Å². The Bertz CT molecular complexity index is 819. The van der Waals surface area contributed by atoms with Crippen LogP contribution in [0.4, 0.5) is 16.0 Å². The van der Waals surface area contributed by atoms with Crippen molar-refractivity contribution in [2.24, 2.45) is 5.41 Å². The number of nitrogens with one attached hydrogen (secondary N) is 1. The van der Waals surface area contributed by atoms with E-state index in [0.717, 1.165) is 56.5 Å². The van der Waals surface area contributed by atoms with Crippen LogP contribution in [0.25, 0.3) is 5.95 Å². The molecule has 3 aliphatic rings. The molecule has 1 spiro atoms. The summed E-state index contributed by atoms with van der Waals surface area (Å²) in [6.45, 7) is 5.57. The lowest BCUT2D eigenvalue weighted by atomic mass is 9.78. The molecule has 27 heavy (non-hydrogen) atoms. The zero-order valence-corrected chi connectivity index (χ0v) is 15.6. The molecule has 0 radical (unpaired) electrons. The van der Waals surface area contributed by atoms with Gasteiger partial charge in [-0.05, 0) is 38.7 Å². The highest BCUT2D eigenvalue weighted by Gasteiger charge is 2.49. The van der Waals surface area contributed by atoms with E-state index < -0.39 is 6.17 Å². The summed E-state index contributed by atoms with van der Waals surface area (Å²) < 4.78 is 20.5. The maximum Gasteiger partial charge on any atom is 0.254 e. The second-order valence-electron chi connectivity index (χ2n) is 8.26. The molecule has 0 atom stereocenters. The Balaban J connectivity index is 1.40. The Kier molecular flexibility index (Phi) is 4.03. The van der Waals surface area contributed by atoms with Crippen LogP contribution in [0.2, 0.25) is 0 Å². The summed E-state index contributed by atoms with van der Waals surface area (Å²) in [5.74, 6) is 2.26. The summed E-state index contributed by atoms with van der Waals surface area (Å²) in [7, 11) is 0. The molecule has 5 rings (SSSR count). The molecule has 1 N–H and O–H groups in total. The Morgan fingerprint density at radius 2 is 1.96 bits per heavy atom. The molecule has 8 heteroatoms. The van der Waals surface area contributed by atoms with Crippen molar-refractivity contribution in [3.63, 3.8) is 0 Å². The zero-order valence-electron chi connectivity index (χ0n) is 15.6. The molecule has 2 aromatic rings. The van der Waals surface area contributed by atoms with Crippen molar-refractivity contribution in [1.82, 2.24) is 19.7 Å². The second kappa shape index (κ2) is 6.44. The first-order valence-corrected chi connectivity index (χ1v) is 9.74. The van der Waals surface area contributed by atoms with Gasteiger partial charge < -0.3 is 15.0 Å². The molecule has 0 amide bonds. The van der Waals surface area contributed by atoms with Gasteiger partial charge in [-0.1, -0.05) is 0 Å². The van der Waals surface area contributed by atoms with Crippen LogP contribution in [0, 0.1) is 12.3 Å². The quantitative estimate of drug-likeness (QED) is 0.889. The summed E-state index contributed by atoms with van der Waals surface area (Å²) in [5, 5.41) is 7.96. The van der Waals surface area contributed by atoms with Gasteiger partial charge in [0, 0.05) is 31.4 Å². The van der Waals surface area contributed by atoms with Crippen LogP contribution in [-0.2, 0) is 4.74 Å². The first-order chi connectivity index (χ1) is 13.1. The van der Waals surface area contributed by atoms with Crippen molar-refractivity contribution in [3.05, 3.63) is 24.0 Å². The topological polar surface area (TPSA) is 68.1 Å². The smallest absolute Gasteiger partial charge is 0.254 e. The minimum absolute atomic E-state index is 0.259. The minimum Gasteiger partial charge on any atom is -0.380 e. The van der Waals surface area contributed by atoms with Gasteiger partial charge in [0.1, 0.15) is 17.8 Å². The molecule has 0 aromatic carbocycles. The molecule has 3 fully saturated rings.